The summed E-state index contributed by atoms with van der Waals surface area (Å²) >= 11 is 11.8. The van der Waals surface area contributed by atoms with Crippen molar-refractivity contribution in [3.8, 4) is 0 Å². The number of rotatable bonds is 7. The van der Waals surface area contributed by atoms with Gasteiger partial charge in [0, 0.05) is 23.8 Å². The smallest absolute Gasteiger partial charge is 0.282 e. The van der Waals surface area contributed by atoms with Crippen molar-refractivity contribution in [1.29, 1.82) is 0 Å². The Morgan fingerprint density at radius 2 is 2.19 bits per heavy atom. The van der Waals surface area contributed by atoms with Crippen LogP contribution in [0.5, 0.6) is 0 Å². The van der Waals surface area contributed by atoms with Crippen LogP contribution in [0.4, 0.5) is 8.78 Å². The topological polar surface area (TPSA) is 68.5 Å². The van der Waals surface area contributed by atoms with Gasteiger partial charge in [0.25, 0.3) is 12.3 Å². The first-order valence-corrected chi connectivity index (χ1v) is 8.26. The Morgan fingerprint density at radius 3 is 2.85 bits per heavy atom. The van der Waals surface area contributed by atoms with E-state index in [1.165, 1.54) is 19.5 Å². The number of hydrogen-bond acceptors (Lipinski definition) is 4. The van der Waals surface area contributed by atoms with Crippen LogP contribution in [0.25, 0.3) is 0 Å². The van der Waals surface area contributed by atoms with E-state index in [-0.39, 0.29) is 12.2 Å². The van der Waals surface area contributed by atoms with Gasteiger partial charge < -0.3 is 10.2 Å². The summed E-state index contributed by atoms with van der Waals surface area (Å²) in [5.41, 5.74) is -0.121. The minimum atomic E-state index is -2.84. The number of benzene rings is 1. The predicted octanol–water partition coefficient (Wildman–Crippen LogP) is 3.83. The molecule has 1 aromatic heterocycles. The van der Waals surface area contributed by atoms with Crippen molar-refractivity contribution in [2.45, 2.75) is 19.4 Å². The molecule has 1 heterocycles. The lowest BCUT2D eigenvalue weighted by Gasteiger charge is -2.12. The van der Waals surface area contributed by atoms with Crippen molar-refractivity contribution in [2.24, 2.45) is 12.2 Å². The Bertz CT molecular complexity index is 812. The Hall–Kier alpha value is -2.19. The molecule has 2 aromatic rings. The van der Waals surface area contributed by atoms with E-state index in [4.69, 9.17) is 28.0 Å². The van der Waals surface area contributed by atoms with Gasteiger partial charge in [0.1, 0.15) is 12.3 Å². The van der Waals surface area contributed by atoms with Gasteiger partial charge in [0.2, 0.25) is 0 Å². The van der Waals surface area contributed by atoms with E-state index >= 15 is 0 Å². The third kappa shape index (κ3) is 5.40. The predicted molar refractivity (Wildman–Crippen MR) is 95.1 cm³/mol. The molecule has 0 fully saturated rings. The largest absolute Gasteiger partial charge is 0.394 e. The number of oxime groups is 1. The van der Waals surface area contributed by atoms with Crippen molar-refractivity contribution < 1.29 is 18.4 Å². The Kier molecular flexibility index (Phi) is 6.93. The Labute approximate surface area is 158 Å². The number of aryl methyl sites for hydroxylation is 1. The van der Waals surface area contributed by atoms with Crippen LogP contribution >= 0.6 is 23.2 Å². The van der Waals surface area contributed by atoms with Crippen molar-refractivity contribution in [1.82, 2.24) is 15.1 Å². The highest BCUT2D eigenvalue weighted by Crippen LogP contribution is 2.21. The molecular formula is C16H16Cl2F2N4O2. The zero-order valence-electron chi connectivity index (χ0n) is 13.9. The lowest BCUT2D eigenvalue weighted by atomic mass is 10.2. The molecule has 10 heteroatoms. The third-order valence-corrected chi connectivity index (χ3v) is 3.80. The first kappa shape index (κ1) is 20.1. The summed E-state index contributed by atoms with van der Waals surface area (Å²) in [6, 6.07) is 4.44. The van der Waals surface area contributed by atoms with Crippen LogP contribution in [0.15, 0.2) is 29.6 Å². The van der Waals surface area contributed by atoms with E-state index in [0.29, 0.717) is 15.6 Å². The van der Waals surface area contributed by atoms with Crippen LogP contribution in [0.2, 0.25) is 10.0 Å². The number of hydrogen-bond donors (Lipinski definition) is 1. The Balaban J connectivity index is 1.88. The summed E-state index contributed by atoms with van der Waals surface area (Å²) in [4.78, 5) is 17.2. The van der Waals surface area contributed by atoms with Gasteiger partial charge in [-0.15, -0.1) is 0 Å². The van der Waals surface area contributed by atoms with Crippen LogP contribution in [0.3, 0.4) is 0 Å². The molecule has 0 aliphatic rings. The summed E-state index contributed by atoms with van der Waals surface area (Å²) in [6.07, 6.45) is -0.189. The second-order valence-electron chi connectivity index (χ2n) is 5.47. The fourth-order valence-corrected chi connectivity index (χ4v) is 2.50. The van der Waals surface area contributed by atoms with E-state index in [1.54, 1.807) is 25.1 Å². The normalized spacial score (nSPS) is 12.6. The van der Waals surface area contributed by atoms with Crippen LogP contribution in [-0.2, 0) is 11.9 Å². The van der Waals surface area contributed by atoms with Crippen LogP contribution < -0.4 is 5.32 Å². The van der Waals surface area contributed by atoms with Gasteiger partial charge in [-0.05, 0) is 19.1 Å². The molecule has 1 aromatic carbocycles. The standard InChI is InChI=1S/C16H16Cl2F2N4O2/c1-9(8-26-21-6-10-3-4-11(17)5-13(10)18)22-16(25)12-7-24(2)23-14(12)15(19)20/h3-7,9,15H,8H2,1-2H3,(H,22,25). The third-order valence-electron chi connectivity index (χ3n) is 3.24. The molecule has 0 bridgehead atoms. The fourth-order valence-electron chi connectivity index (χ4n) is 2.04. The number of carbonyl (C=O) groups is 1. The first-order chi connectivity index (χ1) is 12.3. The number of nitrogens with one attached hydrogen (secondary N) is 1. The molecule has 2 rings (SSSR count). The summed E-state index contributed by atoms with van der Waals surface area (Å²) in [5, 5.41) is 10.8. The molecule has 0 saturated heterocycles. The van der Waals surface area contributed by atoms with Gasteiger partial charge in [0.15, 0.2) is 0 Å². The van der Waals surface area contributed by atoms with Gasteiger partial charge in [-0.2, -0.15) is 5.10 Å². The average Bonchev–Trinajstić information content (AvgIpc) is 2.95. The van der Waals surface area contributed by atoms with Gasteiger partial charge in [0.05, 0.1) is 22.8 Å². The SMILES string of the molecule is CC(CON=Cc1ccc(Cl)cc1Cl)NC(=O)c1cn(C)nc1C(F)F. The van der Waals surface area contributed by atoms with Crippen molar-refractivity contribution >= 4 is 35.3 Å². The molecule has 0 spiro atoms. The lowest BCUT2D eigenvalue weighted by Crippen LogP contribution is -2.35. The number of halogens is 4. The molecule has 26 heavy (non-hydrogen) atoms. The molecule has 0 radical (unpaired) electrons. The van der Waals surface area contributed by atoms with E-state index < -0.39 is 24.1 Å². The number of carbonyl (C=O) groups excluding carboxylic acids is 1. The molecule has 0 aliphatic heterocycles. The maximum absolute atomic E-state index is 12.9. The highest BCUT2D eigenvalue weighted by molar-refractivity contribution is 6.36. The summed E-state index contributed by atoms with van der Waals surface area (Å²) < 4.78 is 26.9. The minimum Gasteiger partial charge on any atom is -0.394 e. The van der Waals surface area contributed by atoms with E-state index in [1.807, 2.05) is 0 Å². The van der Waals surface area contributed by atoms with Gasteiger partial charge in [-0.25, -0.2) is 8.78 Å². The molecule has 0 aliphatic carbocycles. The lowest BCUT2D eigenvalue weighted by molar-refractivity contribution is 0.0857. The minimum absolute atomic E-state index is 0.0394. The van der Waals surface area contributed by atoms with Crippen molar-refractivity contribution in [2.75, 3.05) is 6.61 Å². The van der Waals surface area contributed by atoms with Crippen molar-refractivity contribution in [3.63, 3.8) is 0 Å². The summed E-state index contributed by atoms with van der Waals surface area (Å²) in [6.45, 7) is 1.69. The van der Waals surface area contributed by atoms with Gasteiger partial charge in [-0.3, -0.25) is 9.48 Å². The van der Waals surface area contributed by atoms with E-state index in [2.05, 4.69) is 15.6 Å². The monoisotopic (exact) mass is 404 g/mol. The molecular weight excluding hydrogens is 389 g/mol. The molecule has 1 atom stereocenters. The highest BCUT2D eigenvalue weighted by atomic mass is 35.5. The number of alkyl halides is 2. The molecule has 1 unspecified atom stereocenters. The molecule has 6 nitrogen and oxygen atoms in total. The molecule has 0 saturated carbocycles. The maximum atomic E-state index is 12.9. The number of aromatic nitrogens is 2. The second kappa shape index (κ2) is 8.95. The molecule has 140 valence electrons. The molecule has 1 N–H and O–H groups in total. The summed E-state index contributed by atoms with van der Waals surface area (Å²) in [5.74, 6) is -0.658. The van der Waals surface area contributed by atoms with Gasteiger partial charge in [-0.1, -0.05) is 34.4 Å². The van der Waals surface area contributed by atoms with E-state index in [9.17, 15) is 13.6 Å². The first-order valence-electron chi connectivity index (χ1n) is 7.51. The summed E-state index contributed by atoms with van der Waals surface area (Å²) in [7, 11) is 1.46. The highest BCUT2D eigenvalue weighted by Gasteiger charge is 2.23. The zero-order valence-corrected chi connectivity index (χ0v) is 15.4. The van der Waals surface area contributed by atoms with Crippen LogP contribution in [0, 0.1) is 0 Å². The quantitative estimate of drug-likeness (QED) is 0.562. The number of amides is 1. The Morgan fingerprint density at radius 1 is 1.46 bits per heavy atom. The van der Waals surface area contributed by atoms with Gasteiger partial charge >= 0.3 is 0 Å². The van der Waals surface area contributed by atoms with Crippen molar-refractivity contribution in [3.05, 3.63) is 51.3 Å². The second-order valence-corrected chi connectivity index (χ2v) is 6.32. The average molecular weight is 405 g/mol. The maximum Gasteiger partial charge on any atom is 0.282 e. The molecule has 1 amide bonds. The zero-order chi connectivity index (χ0) is 19.3. The van der Waals surface area contributed by atoms with Crippen LogP contribution in [-0.4, -0.2) is 34.6 Å². The number of nitrogens with zero attached hydrogens (tertiary/aromatic N) is 3. The van der Waals surface area contributed by atoms with Crippen LogP contribution in [0.1, 0.15) is 35.0 Å². The van der Waals surface area contributed by atoms with E-state index in [0.717, 1.165) is 4.68 Å². The fraction of sp³-hybridized carbons (Fsp3) is 0.312.